The molecule has 0 aliphatic carbocycles. The Bertz CT molecular complexity index is 959. The van der Waals surface area contributed by atoms with Gasteiger partial charge >= 0.3 is 0 Å². The van der Waals surface area contributed by atoms with Crippen molar-refractivity contribution in [2.45, 2.75) is 27.7 Å². The lowest BCUT2D eigenvalue weighted by Crippen LogP contribution is -2.51. The summed E-state index contributed by atoms with van der Waals surface area (Å²) in [6.45, 7) is 10.8. The fraction of sp³-hybridized carbons (Fsp3) is 0.417. The van der Waals surface area contributed by atoms with Gasteiger partial charge in [0.15, 0.2) is 0 Å². The molecule has 2 aromatic carbocycles. The zero-order chi connectivity index (χ0) is 22.8. The number of carbonyl (C=O) groups excluding carboxylic acids is 2. The molecule has 31 heavy (non-hydrogen) atoms. The number of nitrogens with zero attached hydrogens (tertiary/aromatic N) is 2. The Labute approximate surface area is 192 Å². The second-order valence-corrected chi connectivity index (χ2v) is 9.75. The number of hydrogen-bond donors (Lipinski definition) is 1. The summed E-state index contributed by atoms with van der Waals surface area (Å²) in [5, 5.41) is 2.94. The van der Waals surface area contributed by atoms with Crippen molar-refractivity contribution in [2.75, 3.05) is 43.5 Å². The molecule has 1 aliphatic heterocycles. The van der Waals surface area contributed by atoms with Gasteiger partial charge in [0, 0.05) is 47.4 Å². The van der Waals surface area contributed by atoms with Gasteiger partial charge in [-0.2, -0.15) is 0 Å². The van der Waals surface area contributed by atoms with Gasteiger partial charge in [-0.25, -0.2) is 0 Å². The Morgan fingerprint density at radius 2 is 1.65 bits per heavy atom. The summed E-state index contributed by atoms with van der Waals surface area (Å²) in [7, 11) is 1.57. The zero-order valence-electron chi connectivity index (χ0n) is 18.8. The highest BCUT2D eigenvalue weighted by Gasteiger charge is 2.29. The molecule has 6 nitrogen and oxygen atoms in total. The van der Waals surface area contributed by atoms with Crippen LogP contribution in [0.4, 0.5) is 11.4 Å². The van der Waals surface area contributed by atoms with Crippen LogP contribution < -0.4 is 15.0 Å². The van der Waals surface area contributed by atoms with Crippen molar-refractivity contribution in [3.8, 4) is 5.75 Å². The molecule has 0 unspecified atom stereocenters. The van der Waals surface area contributed by atoms with Crippen LogP contribution in [0.5, 0.6) is 5.75 Å². The highest BCUT2D eigenvalue weighted by atomic mass is 79.9. The lowest BCUT2D eigenvalue weighted by atomic mass is 9.94. The van der Waals surface area contributed by atoms with Gasteiger partial charge in [-0.15, -0.1) is 0 Å². The molecule has 0 saturated carbocycles. The lowest BCUT2D eigenvalue weighted by molar-refractivity contribution is -0.139. The van der Waals surface area contributed by atoms with Crippen molar-refractivity contribution in [2.24, 2.45) is 5.41 Å². The molecule has 0 atom stereocenters. The molecule has 1 fully saturated rings. The molecule has 166 valence electrons. The van der Waals surface area contributed by atoms with Gasteiger partial charge in [0.25, 0.3) is 5.91 Å². The van der Waals surface area contributed by atoms with E-state index in [1.165, 1.54) is 0 Å². The normalized spacial score (nSPS) is 14.4. The standard InChI is InChI=1S/C24H30BrN3O3/c1-16-14-17(25)15-20(21(16)31-5)22(29)26-18-6-8-19(9-7-18)27-10-12-28(13-11-27)23(30)24(2,3)4/h6-9,14-15H,10-13H2,1-5H3,(H,26,29). The number of methoxy groups -OCH3 is 1. The van der Waals surface area contributed by atoms with Crippen molar-refractivity contribution in [3.05, 3.63) is 52.0 Å². The van der Waals surface area contributed by atoms with E-state index in [-0.39, 0.29) is 17.2 Å². The maximum Gasteiger partial charge on any atom is 0.259 e. The van der Waals surface area contributed by atoms with Crippen molar-refractivity contribution in [1.82, 2.24) is 4.90 Å². The van der Waals surface area contributed by atoms with Gasteiger partial charge in [0.2, 0.25) is 5.91 Å². The number of carbonyl (C=O) groups is 2. The van der Waals surface area contributed by atoms with E-state index in [0.717, 1.165) is 47.6 Å². The van der Waals surface area contributed by atoms with Crippen LogP contribution in [0.2, 0.25) is 0 Å². The third kappa shape index (κ3) is 5.39. The van der Waals surface area contributed by atoms with Crippen LogP contribution in [0, 0.1) is 12.3 Å². The van der Waals surface area contributed by atoms with E-state index in [2.05, 4.69) is 26.1 Å². The Balaban J connectivity index is 1.64. The van der Waals surface area contributed by atoms with E-state index in [0.29, 0.717) is 11.3 Å². The molecule has 1 heterocycles. The quantitative estimate of drug-likeness (QED) is 0.677. The molecular formula is C24H30BrN3O3. The van der Waals surface area contributed by atoms with Gasteiger partial charge in [-0.1, -0.05) is 36.7 Å². The Kier molecular flexibility index (Phi) is 6.94. The first kappa shape index (κ1) is 23.1. The molecule has 2 aromatic rings. The molecule has 3 rings (SSSR count). The fourth-order valence-corrected chi connectivity index (χ4v) is 4.34. The van der Waals surface area contributed by atoms with Crippen LogP contribution in [-0.2, 0) is 4.79 Å². The van der Waals surface area contributed by atoms with Gasteiger partial charge in [0.05, 0.1) is 12.7 Å². The molecule has 7 heteroatoms. The fourth-order valence-electron chi connectivity index (χ4n) is 3.77. The van der Waals surface area contributed by atoms with Crippen molar-refractivity contribution in [3.63, 3.8) is 0 Å². The maximum absolute atomic E-state index is 12.8. The number of anilines is 2. The van der Waals surface area contributed by atoms with Gasteiger partial charge in [-0.05, 0) is 48.9 Å². The average Bonchev–Trinajstić information content (AvgIpc) is 2.72. The number of aryl methyl sites for hydroxylation is 1. The largest absolute Gasteiger partial charge is 0.496 e. The minimum Gasteiger partial charge on any atom is -0.496 e. The minimum absolute atomic E-state index is 0.198. The summed E-state index contributed by atoms with van der Waals surface area (Å²) in [6, 6.07) is 11.5. The number of rotatable bonds is 4. The van der Waals surface area contributed by atoms with Crippen LogP contribution in [0.25, 0.3) is 0 Å². The SMILES string of the molecule is COc1c(C)cc(Br)cc1C(=O)Nc1ccc(N2CCN(C(=O)C(C)(C)C)CC2)cc1. The molecule has 1 N–H and O–H groups in total. The van der Waals surface area contributed by atoms with E-state index in [9.17, 15) is 9.59 Å². The third-order valence-electron chi connectivity index (χ3n) is 5.39. The Morgan fingerprint density at radius 3 is 2.19 bits per heavy atom. The summed E-state index contributed by atoms with van der Waals surface area (Å²) in [4.78, 5) is 29.5. The monoisotopic (exact) mass is 487 g/mol. The number of nitrogens with one attached hydrogen (secondary N) is 1. The molecule has 2 amide bonds. The first-order valence-corrected chi connectivity index (χ1v) is 11.2. The smallest absolute Gasteiger partial charge is 0.259 e. The van der Waals surface area contributed by atoms with E-state index in [1.54, 1.807) is 13.2 Å². The van der Waals surface area contributed by atoms with E-state index < -0.39 is 0 Å². The zero-order valence-corrected chi connectivity index (χ0v) is 20.4. The van der Waals surface area contributed by atoms with Crippen LogP contribution in [0.1, 0.15) is 36.7 Å². The average molecular weight is 488 g/mol. The van der Waals surface area contributed by atoms with Gasteiger partial charge in [-0.3, -0.25) is 9.59 Å². The Morgan fingerprint density at radius 1 is 1.03 bits per heavy atom. The number of amides is 2. The summed E-state index contributed by atoms with van der Waals surface area (Å²) < 4.78 is 6.25. The van der Waals surface area contributed by atoms with Crippen LogP contribution >= 0.6 is 15.9 Å². The summed E-state index contributed by atoms with van der Waals surface area (Å²) in [5.41, 5.74) is 2.82. The predicted molar refractivity (Wildman–Crippen MR) is 128 cm³/mol. The molecule has 0 aromatic heterocycles. The van der Waals surface area contributed by atoms with Crippen molar-refractivity contribution >= 4 is 39.1 Å². The number of hydrogen-bond acceptors (Lipinski definition) is 4. The first-order chi connectivity index (χ1) is 14.6. The molecule has 0 radical (unpaired) electrons. The highest BCUT2D eigenvalue weighted by Crippen LogP contribution is 2.29. The Hall–Kier alpha value is -2.54. The lowest BCUT2D eigenvalue weighted by Gasteiger charge is -2.38. The van der Waals surface area contributed by atoms with Crippen LogP contribution in [-0.4, -0.2) is 50.0 Å². The third-order valence-corrected chi connectivity index (χ3v) is 5.84. The predicted octanol–water partition coefficient (Wildman–Crippen LogP) is 4.71. The molecular weight excluding hydrogens is 458 g/mol. The number of piperazine rings is 1. The van der Waals surface area contributed by atoms with Crippen molar-refractivity contribution < 1.29 is 14.3 Å². The summed E-state index contributed by atoms with van der Waals surface area (Å²) >= 11 is 3.44. The number of ether oxygens (including phenoxy) is 1. The van der Waals surface area contributed by atoms with Crippen LogP contribution in [0.15, 0.2) is 40.9 Å². The van der Waals surface area contributed by atoms with E-state index in [4.69, 9.17) is 4.74 Å². The molecule has 1 aliphatic rings. The van der Waals surface area contributed by atoms with Gasteiger partial charge in [0.1, 0.15) is 5.75 Å². The molecule has 0 spiro atoms. The number of benzene rings is 2. The molecule has 1 saturated heterocycles. The van der Waals surface area contributed by atoms with Crippen molar-refractivity contribution in [1.29, 1.82) is 0 Å². The summed E-state index contributed by atoms with van der Waals surface area (Å²) in [5.74, 6) is 0.548. The second kappa shape index (κ2) is 9.30. The maximum atomic E-state index is 12.8. The van der Waals surface area contributed by atoms with E-state index >= 15 is 0 Å². The minimum atomic E-state index is -0.350. The summed E-state index contributed by atoms with van der Waals surface area (Å²) in [6.07, 6.45) is 0. The van der Waals surface area contributed by atoms with Gasteiger partial charge < -0.3 is 19.9 Å². The highest BCUT2D eigenvalue weighted by molar-refractivity contribution is 9.10. The number of halogens is 1. The first-order valence-electron chi connectivity index (χ1n) is 10.4. The molecule has 0 bridgehead atoms. The van der Waals surface area contributed by atoms with E-state index in [1.807, 2.05) is 62.9 Å². The van der Waals surface area contributed by atoms with Crippen LogP contribution in [0.3, 0.4) is 0 Å². The topological polar surface area (TPSA) is 61.9 Å². The second-order valence-electron chi connectivity index (χ2n) is 8.83.